The molecule has 0 radical (unpaired) electrons. The Labute approximate surface area is 155 Å². The van der Waals surface area contributed by atoms with Crippen molar-refractivity contribution in [3.8, 4) is 0 Å². The predicted octanol–water partition coefficient (Wildman–Crippen LogP) is 2.12. The van der Waals surface area contributed by atoms with Gasteiger partial charge < -0.3 is 10.4 Å². The minimum absolute atomic E-state index is 0.0427. The van der Waals surface area contributed by atoms with Gasteiger partial charge in [0.2, 0.25) is 0 Å². The van der Waals surface area contributed by atoms with Crippen LogP contribution in [0, 0.1) is 0 Å². The Morgan fingerprint density at radius 1 is 1.04 bits per heavy atom. The van der Waals surface area contributed by atoms with Crippen molar-refractivity contribution in [3.63, 3.8) is 0 Å². The van der Waals surface area contributed by atoms with Gasteiger partial charge in [-0.05, 0) is 46.1 Å². The number of likely N-dealkylation sites (tertiary alicyclic amines) is 1. The van der Waals surface area contributed by atoms with Crippen molar-refractivity contribution >= 4 is 11.9 Å². The fourth-order valence-corrected chi connectivity index (χ4v) is 4.96. The van der Waals surface area contributed by atoms with Crippen LogP contribution in [0.15, 0.2) is 30.3 Å². The van der Waals surface area contributed by atoms with E-state index in [1.54, 1.807) is 0 Å². The van der Waals surface area contributed by atoms with Crippen molar-refractivity contribution < 1.29 is 14.7 Å². The maximum Gasteiger partial charge on any atom is 0.325 e. The highest BCUT2D eigenvalue weighted by molar-refractivity contribution is 6.07. The molecule has 6 nitrogen and oxygen atoms in total. The van der Waals surface area contributed by atoms with E-state index in [1.165, 1.54) is 5.56 Å². The van der Waals surface area contributed by atoms with E-state index in [0.717, 1.165) is 11.4 Å². The zero-order valence-electron chi connectivity index (χ0n) is 16.1. The summed E-state index contributed by atoms with van der Waals surface area (Å²) in [5.41, 5.74) is -0.230. The molecule has 2 fully saturated rings. The Kier molecular flexibility index (Phi) is 4.61. The Morgan fingerprint density at radius 3 is 2.15 bits per heavy atom. The number of piperidine rings is 1. The molecule has 2 N–H and O–H groups in total. The lowest BCUT2D eigenvalue weighted by molar-refractivity contribution is -0.141. The minimum atomic E-state index is -0.896. The zero-order chi connectivity index (χ0) is 19.2. The van der Waals surface area contributed by atoms with Crippen LogP contribution in [0.3, 0.4) is 0 Å². The molecule has 2 aliphatic heterocycles. The summed E-state index contributed by atoms with van der Waals surface area (Å²) < 4.78 is 0. The first-order valence-electron chi connectivity index (χ1n) is 9.18. The van der Waals surface area contributed by atoms with Crippen LogP contribution in [0.1, 0.15) is 46.1 Å². The average Bonchev–Trinajstić information content (AvgIpc) is 2.75. The summed E-state index contributed by atoms with van der Waals surface area (Å²) in [6, 6.07) is 9.91. The van der Waals surface area contributed by atoms with Gasteiger partial charge in [-0.2, -0.15) is 0 Å². The summed E-state index contributed by atoms with van der Waals surface area (Å²) in [5.74, 6) is -0.211. The number of amides is 3. The van der Waals surface area contributed by atoms with E-state index in [0.29, 0.717) is 12.8 Å². The van der Waals surface area contributed by atoms with Gasteiger partial charge in [0.25, 0.3) is 5.91 Å². The van der Waals surface area contributed by atoms with Crippen LogP contribution >= 0.6 is 0 Å². The molecule has 0 atom stereocenters. The van der Waals surface area contributed by atoms with Gasteiger partial charge in [-0.25, -0.2) is 4.79 Å². The van der Waals surface area contributed by atoms with Crippen molar-refractivity contribution in [1.29, 1.82) is 0 Å². The van der Waals surface area contributed by atoms with Gasteiger partial charge in [0.05, 0.1) is 13.2 Å². The molecule has 2 heterocycles. The lowest BCUT2D eigenvalue weighted by Crippen LogP contribution is -2.69. The van der Waals surface area contributed by atoms with Gasteiger partial charge in [-0.1, -0.05) is 30.3 Å². The standard InChI is InChI=1S/C20H29N3O3/c1-18(2)13-20(16(25)22(10-11-24)17(26)21-20)14-19(3,4)23(18)12-15-8-6-5-7-9-15/h5-9,24H,10-14H2,1-4H3,(H,21,26). The highest BCUT2D eigenvalue weighted by atomic mass is 16.3. The lowest BCUT2D eigenvalue weighted by atomic mass is 9.68. The first-order valence-corrected chi connectivity index (χ1v) is 9.18. The molecule has 0 aromatic heterocycles. The number of β-amino-alcohol motifs (C(OH)–C–C–N with tert-alkyl or cyclic N) is 1. The topological polar surface area (TPSA) is 72.9 Å². The van der Waals surface area contributed by atoms with Gasteiger partial charge in [0.15, 0.2) is 0 Å². The first kappa shape index (κ1) is 18.9. The van der Waals surface area contributed by atoms with Crippen molar-refractivity contribution in [2.24, 2.45) is 0 Å². The molecule has 0 aliphatic carbocycles. The Morgan fingerprint density at radius 2 is 1.62 bits per heavy atom. The van der Waals surface area contributed by atoms with E-state index in [1.807, 2.05) is 18.2 Å². The summed E-state index contributed by atoms with van der Waals surface area (Å²) in [6.07, 6.45) is 1.09. The monoisotopic (exact) mass is 359 g/mol. The summed E-state index contributed by atoms with van der Waals surface area (Å²) >= 11 is 0. The molecule has 2 saturated heterocycles. The van der Waals surface area contributed by atoms with Crippen molar-refractivity contribution in [2.75, 3.05) is 13.2 Å². The summed E-state index contributed by atoms with van der Waals surface area (Å²) in [6.45, 7) is 9.14. The van der Waals surface area contributed by atoms with Crippen LogP contribution in [0.2, 0.25) is 0 Å². The van der Waals surface area contributed by atoms with E-state index in [2.05, 4.69) is 50.0 Å². The van der Waals surface area contributed by atoms with E-state index >= 15 is 0 Å². The van der Waals surface area contributed by atoms with Crippen molar-refractivity contribution in [1.82, 2.24) is 15.1 Å². The maximum atomic E-state index is 13.0. The second kappa shape index (κ2) is 6.35. The minimum Gasteiger partial charge on any atom is -0.395 e. The normalized spacial score (nSPS) is 24.1. The number of rotatable bonds is 4. The molecule has 0 unspecified atom stereocenters. The Bertz CT molecular complexity index is 682. The number of urea groups is 1. The van der Waals surface area contributed by atoms with Crippen LogP contribution in [-0.2, 0) is 11.3 Å². The van der Waals surface area contributed by atoms with E-state index in [9.17, 15) is 14.7 Å². The maximum absolute atomic E-state index is 13.0. The largest absolute Gasteiger partial charge is 0.395 e. The van der Waals surface area contributed by atoms with E-state index < -0.39 is 11.6 Å². The SMILES string of the molecule is CC1(C)CC2(CC(C)(C)N1Cc1ccccc1)NC(=O)N(CCO)C2=O. The fourth-order valence-electron chi connectivity index (χ4n) is 4.96. The number of nitrogens with one attached hydrogen (secondary N) is 1. The molecule has 3 rings (SSSR count). The summed E-state index contributed by atoms with van der Waals surface area (Å²) in [5, 5.41) is 12.1. The van der Waals surface area contributed by atoms with Gasteiger partial charge in [-0.15, -0.1) is 0 Å². The highest BCUT2D eigenvalue weighted by Gasteiger charge is 2.60. The molecule has 1 spiro atoms. The Balaban J connectivity index is 1.90. The fraction of sp³-hybridized carbons (Fsp3) is 0.600. The molecular weight excluding hydrogens is 330 g/mol. The summed E-state index contributed by atoms with van der Waals surface area (Å²) in [7, 11) is 0. The third-order valence-electron chi connectivity index (χ3n) is 5.68. The number of carbonyl (C=O) groups excluding carboxylic acids is 2. The number of imide groups is 1. The van der Waals surface area contributed by atoms with Gasteiger partial charge in [0, 0.05) is 17.6 Å². The number of carbonyl (C=O) groups is 2. The second-order valence-corrected chi connectivity index (χ2v) is 8.74. The van der Waals surface area contributed by atoms with Crippen LogP contribution in [0.25, 0.3) is 0 Å². The molecule has 0 saturated carbocycles. The number of nitrogens with zero attached hydrogens (tertiary/aromatic N) is 2. The smallest absolute Gasteiger partial charge is 0.325 e. The second-order valence-electron chi connectivity index (χ2n) is 8.74. The Hall–Kier alpha value is -1.92. The third kappa shape index (κ3) is 3.12. The number of aliphatic hydroxyl groups excluding tert-OH is 1. The quantitative estimate of drug-likeness (QED) is 0.808. The molecule has 1 aromatic carbocycles. The number of benzene rings is 1. The molecule has 6 heteroatoms. The molecule has 0 bridgehead atoms. The molecule has 3 amide bonds. The van der Waals surface area contributed by atoms with E-state index in [-0.39, 0.29) is 30.1 Å². The summed E-state index contributed by atoms with van der Waals surface area (Å²) in [4.78, 5) is 28.9. The molecule has 2 aliphatic rings. The molecule has 1 aromatic rings. The zero-order valence-corrected chi connectivity index (χ0v) is 16.1. The van der Waals surface area contributed by atoms with Crippen LogP contribution < -0.4 is 5.32 Å². The molecule has 26 heavy (non-hydrogen) atoms. The number of hydrogen-bond donors (Lipinski definition) is 2. The third-order valence-corrected chi connectivity index (χ3v) is 5.68. The van der Waals surface area contributed by atoms with Crippen molar-refractivity contribution in [3.05, 3.63) is 35.9 Å². The number of aliphatic hydroxyl groups is 1. The highest BCUT2D eigenvalue weighted by Crippen LogP contribution is 2.46. The lowest BCUT2D eigenvalue weighted by Gasteiger charge is -2.57. The van der Waals surface area contributed by atoms with Gasteiger partial charge in [0.1, 0.15) is 5.54 Å². The van der Waals surface area contributed by atoms with Crippen molar-refractivity contribution in [2.45, 2.75) is 63.7 Å². The predicted molar refractivity (Wildman–Crippen MR) is 99.4 cm³/mol. The van der Waals surface area contributed by atoms with E-state index in [4.69, 9.17) is 0 Å². The van der Waals surface area contributed by atoms with Gasteiger partial charge >= 0.3 is 6.03 Å². The molecule has 142 valence electrons. The van der Waals surface area contributed by atoms with Crippen LogP contribution in [-0.4, -0.2) is 56.6 Å². The van der Waals surface area contributed by atoms with Gasteiger partial charge in [-0.3, -0.25) is 14.6 Å². The number of hydrogen-bond acceptors (Lipinski definition) is 4. The van der Waals surface area contributed by atoms with Crippen LogP contribution in [0.5, 0.6) is 0 Å². The average molecular weight is 359 g/mol. The first-order chi connectivity index (χ1) is 12.1. The molecular formula is C20H29N3O3. The van der Waals surface area contributed by atoms with Crippen LogP contribution in [0.4, 0.5) is 4.79 Å².